The Morgan fingerprint density at radius 3 is 2.50 bits per heavy atom. The van der Waals surface area contributed by atoms with Crippen LogP contribution in [-0.2, 0) is 6.54 Å². The number of ether oxygens (including phenoxy) is 1. The molecular formula is C20H19N5O. The minimum Gasteiger partial charge on any atom is -0.497 e. The van der Waals surface area contributed by atoms with Crippen LogP contribution in [0.5, 0.6) is 5.75 Å². The van der Waals surface area contributed by atoms with Crippen molar-refractivity contribution in [3.05, 3.63) is 71.9 Å². The monoisotopic (exact) mass is 345 g/mol. The molecule has 0 unspecified atom stereocenters. The highest BCUT2D eigenvalue weighted by atomic mass is 16.5. The lowest BCUT2D eigenvalue weighted by molar-refractivity contribution is 0.415. The average Bonchev–Trinajstić information content (AvgIpc) is 3.11. The maximum absolute atomic E-state index is 5.20. The number of hydrogen-bond acceptors (Lipinski definition) is 5. The first kappa shape index (κ1) is 16.1. The van der Waals surface area contributed by atoms with Crippen LogP contribution in [0.2, 0.25) is 0 Å². The average molecular weight is 345 g/mol. The number of anilines is 1. The standard InChI is InChI=1S/C20H19N5O/c1-14-12-18(21-13-15-6-4-3-5-7-15)25-20(22-14)23-19(24-25)16-8-10-17(26-2)11-9-16/h3-12,21H,13H2,1-2H3. The molecule has 4 aromatic rings. The lowest BCUT2D eigenvalue weighted by atomic mass is 10.2. The molecule has 0 bridgehead atoms. The number of benzene rings is 2. The molecule has 1 N–H and O–H groups in total. The van der Waals surface area contributed by atoms with E-state index in [1.165, 1.54) is 5.56 Å². The van der Waals surface area contributed by atoms with Gasteiger partial charge in [-0.15, -0.1) is 5.10 Å². The van der Waals surface area contributed by atoms with Gasteiger partial charge in [0.1, 0.15) is 11.6 Å². The summed E-state index contributed by atoms with van der Waals surface area (Å²) in [5.74, 6) is 2.88. The Labute approximate surface area is 151 Å². The summed E-state index contributed by atoms with van der Waals surface area (Å²) in [4.78, 5) is 9.07. The van der Waals surface area contributed by atoms with E-state index >= 15 is 0 Å². The third kappa shape index (κ3) is 3.21. The van der Waals surface area contributed by atoms with E-state index in [1.54, 1.807) is 11.6 Å². The number of nitrogens with one attached hydrogen (secondary N) is 1. The van der Waals surface area contributed by atoms with Gasteiger partial charge in [0.25, 0.3) is 5.78 Å². The van der Waals surface area contributed by atoms with Crippen LogP contribution in [0.3, 0.4) is 0 Å². The van der Waals surface area contributed by atoms with Crippen molar-refractivity contribution in [3.8, 4) is 17.1 Å². The van der Waals surface area contributed by atoms with Gasteiger partial charge < -0.3 is 10.1 Å². The molecule has 0 aliphatic rings. The molecule has 26 heavy (non-hydrogen) atoms. The second-order valence-electron chi connectivity index (χ2n) is 6.00. The van der Waals surface area contributed by atoms with Crippen LogP contribution >= 0.6 is 0 Å². The summed E-state index contributed by atoms with van der Waals surface area (Å²) in [6, 6.07) is 19.9. The van der Waals surface area contributed by atoms with Gasteiger partial charge in [0, 0.05) is 23.9 Å². The highest BCUT2D eigenvalue weighted by Gasteiger charge is 2.11. The van der Waals surface area contributed by atoms with Gasteiger partial charge in [-0.25, -0.2) is 4.98 Å². The molecule has 2 aromatic heterocycles. The highest BCUT2D eigenvalue weighted by Crippen LogP contribution is 2.21. The molecule has 0 amide bonds. The first-order valence-electron chi connectivity index (χ1n) is 8.39. The van der Waals surface area contributed by atoms with Crippen molar-refractivity contribution in [3.63, 3.8) is 0 Å². The van der Waals surface area contributed by atoms with Crippen molar-refractivity contribution < 1.29 is 4.74 Å². The Morgan fingerprint density at radius 1 is 1.00 bits per heavy atom. The van der Waals surface area contributed by atoms with Crippen molar-refractivity contribution in [2.75, 3.05) is 12.4 Å². The normalized spacial score (nSPS) is 10.8. The maximum atomic E-state index is 5.20. The molecule has 0 saturated carbocycles. The van der Waals surface area contributed by atoms with Crippen molar-refractivity contribution >= 4 is 11.6 Å². The Balaban J connectivity index is 1.68. The maximum Gasteiger partial charge on any atom is 0.254 e. The van der Waals surface area contributed by atoms with Crippen LogP contribution in [-0.4, -0.2) is 26.7 Å². The van der Waals surface area contributed by atoms with E-state index < -0.39 is 0 Å². The van der Waals surface area contributed by atoms with E-state index in [2.05, 4.69) is 32.5 Å². The zero-order valence-electron chi connectivity index (χ0n) is 14.7. The van der Waals surface area contributed by atoms with Gasteiger partial charge in [-0.2, -0.15) is 9.50 Å². The Hall–Kier alpha value is -3.41. The molecule has 0 aliphatic carbocycles. The van der Waals surface area contributed by atoms with E-state index in [-0.39, 0.29) is 0 Å². The van der Waals surface area contributed by atoms with Crippen molar-refractivity contribution in [2.45, 2.75) is 13.5 Å². The Bertz CT molecular complexity index is 1030. The number of methoxy groups -OCH3 is 1. The molecule has 6 nitrogen and oxygen atoms in total. The molecule has 6 heteroatoms. The van der Waals surface area contributed by atoms with Gasteiger partial charge in [-0.3, -0.25) is 0 Å². The quantitative estimate of drug-likeness (QED) is 0.597. The number of rotatable bonds is 5. The molecule has 0 aliphatic heterocycles. The van der Waals surface area contributed by atoms with E-state index in [9.17, 15) is 0 Å². The summed E-state index contributed by atoms with van der Waals surface area (Å²) in [5.41, 5.74) is 3.01. The van der Waals surface area contributed by atoms with E-state index in [0.717, 1.165) is 22.8 Å². The van der Waals surface area contributed by atoms with Crippen LogP contribution < -0.4 is 10.1 Å². The fraction of sp³-hybridized carbons (Fsp3) is 0.150. The lowest BCUT2D eigenvalue weighted by Gasteiger charge is -2.08. The fourth-order valence-electron chi connectivity index (χ4n) is 2.76. The minimum atomic E-state index is 0.575. The topological polar surface area (TPSA) is 64.3 Å². The molecule has 0 atom stereocenters. The third-order valence-corrected chi connectivity index (χ3v) is 4.10. The summed E-state index contributed by atoms with van der Waals surface area (Å²) >= 11 is 0. The molecule has 0 fully saturated rings. The molecule has 0 saturated heterocycles. The number of fused-ring (bicyclic) bond motifs is 1. The highest BCUT2D eigenvalue weighted by molar-refractivity contribution is 5.59. The Kier molecular flexibility index (Phi) is 4.23. The Morgan fingerprint density at radius 2 is 1.77 bits per heavy atom. The first-order valence-corrected chi connectivity index (χ1v) is 8.39. The van der Waals surface area contributed by atoms with E-state index in [4.69, 9.17) is 4.74 Å². The lowest BCUT2D eigenvalue weighted by Crippen LogP contribution is -2.06. The number of aromatic nitrogens is 4. The van der Waals surface area contributed by atoms with Crippen LogP contribution in [0.25, 0.3) is 17.2 Å². The van der Waals surface area contributed by atoms with Crippen LogP contribution in [0, 0.1) is 6.92 Å². The SMILES string of the molecule is COc1ccc(-c2nc3nc(C)cc(NCc4ccccc4)n3n2)cc1. The van der Waals surface area contributed by atoms with Crippen LogP contribution in [0.15, 0.2) is 60.7 Å². The van der Waals surface area contributed by atoms with Gasteiger partial charge in [0.05, 0.1) is 7.11 Å². The summed E-state index contributed by atoms with van der Waals surface area (Å²) in [6.07, 6.45) is 0. The molecule has 0 radical (unpaired) electrons. The summed E-state index contributed by atoms with van der Waals surface area (Å²) in [6.45, 7) is 2.66. The number of nitrogens with zero attached hydrogens (tertiary/aromatic N) is 4. The summed E-state index contributed by atoms with van der Waals surface area (Å²) < 4.78 is 6.95. The van der Waals surface area contributed by atoms with Crippen LogP contribution in [0.1, 0.15) is 11.3 Å². The second-order valence-corrected chi connectivity index (χ2v) is 6.00. The van der Waals surface area contributed by atoms with Gasteiger partial charge in [-0.05, 0) is 36.8 Å². The number of aryl methyl sites for hydroxylation is 1. The third-order valence-electron chi connectivity index (χ3n) is 4.10. The van der Waals surface area contributed by atoms with Crippen LogP contribution in [0.4, 0.5) is 5.82 Å². The van der Waals surface area contributed by atoms with Gasteiger partial charge in [0.2, 0.25) is 0 Å². The molecule has 0 spiro atoms. The first-order chi connectivity index (χ1) is 12.7. The molecule has 2 aromatic carbocycles. The predicted molar refractivity (Wildman–Crippen MR) is 101 cm³/mol. The minimum absolute atomic E-state index is 0.575. The molecular weight excluding hydrogens is 326 g/mol. The van der Waals surface area contributed by atoms with E-state index in [0.29, 0.717) is 18.1 Å². The van der Waals surface area contributed by atoms with Crippen molar-refractivity contribution in [1.29, 1.82) is 0 Å². The zero-order chi connectivity index (χ0) is 17.9. The molecule has 130 valence electrons. The van der Waals surface area contributed by atoms with Gasteiger partial charge in [-0.1, -0.05) is 30.3 Å². The fourth-order valence-corrected chi connectivity index (χ4v) is 2.76. The van der Waals surface area contributed by atoms with Crippen molar-refractivity contribution in [2.24, 2.45) is 0 Å². The molecule has 2 heterocycles. The summed E-state index contributed by atoms with van der Waals surface area (Å²) in [7, 11) is 1.65. The zero-order valence-corrected chi connectivity index (χ0v) is 14.7. The largest absolute Gasteiger partial charge is 0.497 e. The van der Waals surface area contributed by atoms with E-state index in [1.807, 2.05) is 55.5 Å². The predicted octanol–water partition coefficient (Wildman–Crippen LogP) is 3.72. The smallest absolute Gasteiger partial charge is 0.254 e. The van der Waals surface area contributed by atoms with Gasteiger partial charge >= 0.3 is 0 Å². The van der Waals surface area contributed by atoms with Gasteiger partial charge in [0.15, 0.2) is 5.82 Å². The second kappa shape index (κ2) is 6.84. The molecule has 4 rings (SSSR count). The van der Waals surface area contributed by atoms with Crippen molar-refractivity contribution in [1.82, 2.24) is 19.6 Å². The number of hydrogen-bond donors (Lipinski definition) is 1. The summed E-state index contributed by atoms with van der Waals surface area (Å²) in [5, 5.41) is 8.06.